The summed E-state index contributed by atoms with van der Waals surface area (Å²) in [5.41, 5.74) is 2.77. The van der Waals surface area contributed by atoms with E-state index in [2.05, 4.69) is 33.0 Å². The average molecular weight is 456 g/mol. The van der Waals surface area contributed by atoms with Crippen molar-refractivity contribution in [1.82, 2.24) is 0 Å². The van der Waals surface area contributed by atoms with Gasteiger partial charge in [-0.1, -0.05) is 52.7 Å². The molecule has 0 aromatic heterocycles. The standard InChI is InChI=1S/C27H37NO5/c1-8-9-10-18(21-13-12-20(31-5)17-24(21)32-6)16-25(29)28-23-15-19(26(30)33-7)11-14-22(23)27(2,3)4/h11-15,17-18H,8-10,16H2,1-7H3,(H,28,29). The number of hydrogen-bond acceptors (Lipinski definition) is 5. The maximum atomic E-state index is 13.2. The molecule has 0 radical (unpaired) electrons. The molecule has 0 fully saturated rings. The second-order valence-electron chi connectivity index (χ2n) is 9.20. The number of methoxy groups -OCH3 is 3. The predicted octanol–water partition coefficient (Wildman–Crippen LogP) is 6.09. The topological polar surface area (TPSA) is 73.9 Å². The van der Waals surface area contributed by atoms with Crippen LogP contribution in [0.2, 0.25) is 0 Å². The van der Waals surface area contributed by atoms with Crippen LogP contribution in [0, 0.1) is 0 Å². The van der Waals surface area contributed by atoms with E-state index >= 15 is 0 Å². The van der Waals surface area contributed by atoms with Gasteiger partial charge in [0.15, 0.2) is 0 Å². The van der Waals surface area contributed by atoms with E-state index in [0.29, 0.717) is 29.2 Å². The number of carbonyl (C=O) groups is 2. The molecule has 1 unspecified atom stereocenters. The minimum Gasteiger partial charge on any atom is -0.497 e. The molecule has 6 heteroatoms. The van der Waals surface area contributed by atoms with Crippen molar-refractivity contribution in [2.24, 2.45) is 0 Å². The van der Waals surface area contributed by atoms with Crippen LogP contribution in [0.1, 0.15) is 80.8 Å². The predicted molar refractivity (Wildman–Crippen MR) is 132 cm³/mol. The Bertz CT molecular complexity index is 961. The third kappa shape index (κ3) is 6.98. The molecule has 0 aliphatic rings. The van der Waals surface area contributed by atoms with Crippen molar-refractivity contribution in [2.45, 2.75) is 64.7 Å². The number of benzene rings is 2. The molecule has 0 spiro atoms. The van der Waals surface area contributed by atoms with Crippen LogP contribution in [0.3, 0.4) is 0 Å². The van der Waals surface area contributed by atoms with E-state index in [4.69, 9.17) is 14.2 Å². The first-order chi connectivity index (χ1) is 15.6. The SMILES string of the molecule is CCCCC(CC(=O)Nc1cc(C(=O)OC)ccc1C(C)(C)C)c1ccc(OC)cc1OC. The fraction of sp³-hybridized carbons (Fsp3) is 0.481. The van der Waals surface area contributed by atoms with E-state index in [9.17, 15) is 9.59 Å². The second-order valence-corrected chi connectivity index (χ2v) is 9.20. The molecule has 0 bridgehead atoms. The summed E-state index contributed by atoms with van der Waals surface area (Å²) in [4.78, 5) is 25.3. The first-order valence-corrected chi connectivity index (χ1v) is 11.4. The van der Waals surface area contributed by atoms with Crippen molar-refractivity contribution in [1.29, 1.82) is 0 Å². The second kappa shape index (κ2) is 11.7. The normalized spacial score (nSPS) is 12.1. The average Bonchev–Trinajstić information content (AvgIpc) is 2.79. The summed E-state index contributed by atoms with van der Waals surface area (Å²) in [6, 6.07) is 11.0. The van der Waals surface area contributed by atoms with Gasteiger partial charge in [-0.05, 0) is 47.1 Å². The van der Waals surface area contributed by atoms with Crippen LogP contribution in [0.4, 0.5) is 5.69 Å². The Kier molecular flexibility index (Phi) is 9.32. The molecule has 33 heavy (non-hydrogen) atoms. The molecule has 0 saturated carbocycles. The molecule has 1 amide bonds. The summed E-state index contributed by atoms with van der Waals surface area (Å²) in [7, 11) is 4.59. The van der Waals surface area contributed by atoms with Gasteiger partial charge in [-0.15, -0.1) is 0 Å². The smallest absolute Gasteiger partial charge is 0.337 e. The summed E-state index contributed by atoms with van der Waals surface area (Å²) in [5, 5.41) is 3.06. The lowest BCUT2D eigenvalue weighted by Crippen LogP contribution is -2.21. The summed E-state index contributed by atoms with van der Waals surface area (Å²) >= 11 is 0. The zero-order valence-electron chi connectivity index (χ0n) is 20.9. The number of hydrogen-bond donors (Lipinski definition) is 1. The fourth-order valence-electron chi connectivity index (χ4n) is 3.95. The van der Waals surface area contributed by atoms with Gasteiger partial charge in [-0.25, -0.2) is 4.79 Å². The van der Waals surface area contributed by atoms with Crippen molar-refractivity contribution >= 4 is 17.6 Å². The highest BCUT2D eigenvalue weighted by Gasteiger charge is 2.24. The third-order valence-electron chi connectivity index (χ3n) is 5.74. The zero-order chi connectivity index (χ0) is 24.6. The molecular weight excluding hydrogens is 418 g/mol. The van der Waals surface area contributed by atoms with Gasteiger partial charge < -0.3 is 19.5 Å². The lowest BCUT2D eigenvalue weighted by atomic mass is 9.85. The van der Waals surface area contributed by atoms with Gasteiger partial charge in [0, 0.05) is 18.2 Å². The summed E-state index contributed by atoms with van der Waals surface area (Å²) in [5.74, 6) is 0.874. The number of rotatable bonds is 10. The van der Waals surface area contributed by atoms with E-state index < -0.39 is 5.97 Å². The highest BCUT2D eigenvalue weighted by molar-refractivity contribution is 5.96. The number of amides is 1. The minimum atomic E-state index is -0.435. The van der Waals surface area contributed by atoms with Gasteiger partial charge in [-0.3, -0.25) is 4.79 Å². The largest absolute Gasteiger partial charge is 0.497 e. The van der Waals surface area contributed by atoms with Crippen molar-refractivity contribution in [3.05, 3.63) is 53.1 Å². The van der Waals surface area contributed by atoms with E-state index in [1.165, 1.54) is 7.11 Å². The number of unbranched alkanes of at least 4 members (excludes halogenated alkanes) is 1. The van der Waals surface area contributed by atoms with E-state index in [-0.39, 0.29) is 17.2 Å². The Morgan fingerprint density at radius 1 is 1.00 bits per heavy atom. The minimum absolute atomic E-state index is 0.00678. The van der Waals surface area contributed by atoms with Gasteiger partial charge >= 0.3 is 5.97 Å². The first kappa shape index (κ1) is 26.2. The molecule has 0 aliphatic heterocycles. The van der Waals surface area contributed by atoms with E-state index in [0.717, 1.165) is 30.4 Å². The van der Waals surface area contributed by atoms with Gasteiger partial charge in [0.05, 0.1) is 26.9 Å². The van der Waals surface area contributed by atoms with Crippen LogP contribution in [0.15, 0.2) is 36.4 Å². The van der Waals surface area contributed by atoms with Crippen molar-refractivity contribution < 1.29 is 23.8 Å². The Hall–Kier alpha value is -3.02. The molecule has 180 valence electrons. The van der Waals surface area contributed by atoms with Gasteiger partial charge in [0.25, 0.3) is 0 Å². The van der Waals surface area contributed by atoms with Crippen LogP contribution in [0.5, 0.6) is 11.5 Å². The molecule has 0 heterocycles. The molecule has 0 saturated heterocycles. The van der Waals surface area contributed by atoms with E-state index in [1.807, 2.05) is 24.3 Å². The number of esters is 1. The quantitative estimate of drug-likeness (QED) is 0.439. The Balaban J connectivity index is 2.35. The number of carbonyl (C=O) groups excluding carboxylic acids is 2. The lowest BCUT2D eigenvalue weighted by Gasteiger charge is -2.25. The van der Waals surface area contributed by atoms with E-state index in [1.54, 1.807) is 26.4 Å². The van der Waals surface area contributed by atoms with Crippen LogP contribution in [-0.4, -0.2) is 33.2 Å². The molecule has 1 atom stereocenters. The van der Waals surface area contributed by atoms with Gasteiger partial charge in [0.1, 0.15) is 11.5 Å². The monoisotopic (exact) mass is 455 g/mol. The van der Waals surface area contributed by atoms with Crippen LogP contribution in [0.25, 0.3) is 0 Å². The molecule has 1 N–H and O–H groups in total. The first-order valence-electron chi connectivity index (χ1n) is 11.4. The summed E-state index contributed by atoms with van der Waals surface area (Å²) in [6.45, 7) is 8.35. The van der Waals surface area contributed by atoms with Crippen molar-refractivity contribution in [3.8, 4) is 11.5 Å². The zero-order valence-corrected chi connectivity index (χ0v) is 20.9. The Morgan fingerprint density at radius 3 is 2.30 bits per heavy atom. The van der Waals surface area contributed by atoms with Gasteiger partial charge in [0.2, 0.25) is 5.91 Å². The highest BCUT2D eigenvalue weighted by Crippen LogP contribution is 2.36. The number of ether oxygens (including phenoxy) is 3. The molecule has 2 rings (SSSR count). The fourth-order valence-corrected chi connectivity index (χ4v) is 3.95. The molecule has 2 aromatic rings. The van der Waals surface area contributed by atoms with Crippen LogP contribution < -0.4 is 14.8 Å². The van der Waals surface area contributed by atoms with Gasteiger partial charge in [-0.2, -0.15) is 0 Å². The summed E-state index contributed by atoms with van der Waals surface area (Å²) in [6.07, 6.45) is 3.19. The molecular formula is C27H37NO5. The third-order valence-corrected chi connectivity index (χ3v) is 5.74. The summed E-state index contributed by atoms with van der Waals surface area (Å²) < 4.78 is 15.8. The Morgan fingerprint density at radius 2 is 1.73 bits per heavy atom. The maximum Gasteiger partial charge on any atom is 0.337 e. The number of anilines is 1. The van der Waals surface area contributed by atoms with Crippen molar-refractivity contribution in [3.63, 3.8) is 0 Å². The molecule has 0 aliphatic carbocycles. The Labute approximate surface area is 197 Å². The van der Waals surface area contributed by atoms with Crippen LogP contribution in [-0.2, 0) is 14.9 Å². The lowest BCUT2D eigenvalue weighted by molar-refractivity contribution is -0.116. The maximum absolute atomic E-state index is 13.2. The highest BCUT2D eigenvalue weighted by atomic mass is 16.5. The number of nitrogens with one attached hydrogen (secondary N) is 1. The molecule has 2 aromatic carbocycles. The van der Waals surface area contributed by atoms with Crippen LogP contribution >= 0.6 is 0 Å². The van der Waals surface area contributed by atoms with Crippen molar-refractivity contribution in [2.75, 3.05) is 26.6 Å². The molecule has 6 nitrogen and oxygen atoms in total.